The van der Waals surface area contributed by atoms with Crippen molar-refractivity contribution in [2.45, 2.75) is 24.8 Å². The van der Waals surface area contributed by atoms with E-state index in [0.717, 1.165) is 22.3 Å². The number of carbonyl (C=O) groups is 3. The molecule has 1 aromatic heterocycles. The summed E-state index contributed by atoms with van der Waals surface area (Å²) in [5, 5.41) is 11.9. The first-order valence-electron chi connectivity index (χ1n) is 11.1. The molecule has 8 nitrogen and oxygen atoms in total. The maximum Gasteiger partial charge on any atom is 0.411 e. The molecule has 0 spiro atoms. The Bertz CT molecular complexity index is 1210. The number of anilines is 1. The first-order chi connectivity index (χ1) is 16.5. The number of amides is 2. The highest BCUT2D eigenvalue weighted by molar-refractivity contribution is 5.96. The highest BCUT2D eigenvalue weighted by Gasteiger charge is 2.35. The van der Waals surface area contributed by atoms with E-state index >= 15 is 0 Å². The van der Waals surface area contributed by atoms with Crippen molar-refractivity contribution in [2.24, 2.45) is 0 Å². The van der Waals surface area contributed by atoms with E-state index in [4.69, 9.17) is 4.74 Å². The van der Waals surface area contributed by atoms with Crippen LogP contribution in [0.4, 0.5) is 10.5 Å². The lowest BCUT2D eigenvalue weighted by molar-refractivity contribution is -0.141. The van der Waals surface area contributed by atoms with E-state index in [0.29, 0.717) is 25.1 Å². The smallest absolute Gasteiger partial charge is 0.411 e. The number of ether oxygens (including phenoxy) is 1. The number of aromatic nitrogens is 1. The van der Waals surface area contributed by atoms with Crippen molar-refractivity contribution in [1.29, 1.82) is 0 Å². The number of aliphatic carboxylic acids is 1. The van der Waals surface area contributed by atoms with Gasteiger partial charge in [-0.05, 0) is 47.2 Å². The van der Waals surface area contributed by atoms with Crippen LogP contribution in [0, 0.1) is 0 Å². The molecule has 34 heavy (non-hydrogen) atoms. The second kappa shape index (κ2) is 8.97. The fourth-order valence-electron chi connectivity index (χ4n) is 4.76. The number of pyridine rings is 1. The van der Waals surface area contributed by atoms with E-state index in [-0.39, 0.29) is 18.2 Å². The lowest BCUT2D eigenvalue weighted by Crippen LogP contribution is -2.40. The number of fused-ring (bicyclic) bond motifs is 3. The summed E-state index contributed by atoms with van der Waals surface area (Å²) in [6.45, 7) is 0.576. The zero-order valence-electron chi connectivity index (χ0n) is 18.3. The van der Waals surface area contributed by atoms with Crippen molar-refractivity contribution >= 4 is 23.7 Å². The van der Waals surface area contributed by atoms with Crippen LogP contribution in [0.15, 0.2) is 66.9 Å². The topological polar surface area (TPSA) is 109 Å². The molecule has 1 atom stereocenters. The van der Waals surface area contributed by atoms with Gasteiger partial charge in [-0.1, -0.05) is 48.5 Å². The lowest BCUT2D eigenvalue weighted by atomic mass is 9.98. The summed E-state index contributed by atoms with van der Waals surface area (Å²) in [4.78, 5) is 41.8. The number of nitrogens with zero attached hydrogens (tertiary/aromatic N) is 2. The number of benzene rings is 2. The molecule has 3 aromatic rings. The maximum atomic E-state index is 12.6. The normalized spacial score (nSPS) is 16.6. The van der Waals surface area contributed by atoms with E-state index in [1.54, 1.807) is 6.07 Å². The van der Waals surface area contributed by atoms with Crippen molar-refractivity contribution in [3.8, 4) is 11.1 Å². The molecule has 2 N–H and O–H groups in total. The van der Waals surface area contributed by atoms with Gasteiger partial charge in [-0.3, -0.25) is 10.1 Å². The molecule has 1 saturated heterocycles. The van der Waals surface area contributed by atoms with Gasteiger partial charge in [0.15, 0.2) is 0 Å². The first-order valence-corrected chi connectivity index (χ1v) is 11.1. The number of rotatable bonds is 5. The molecule has 5 rings (SSSR count). The van der Waals surface area contributed by atoms with Crippen LogP contribution in [0.25, 0.3) is 11.1 Å². The Morgan fingerprint density at radius 2 is 1.68 bits per heavy atom. The van der Waals surface area contributed by atoms with Crippen LogP contribution in [0.1, 0.15) is 40.4 Å². The van der Waals surface area contributed by atoms with Gasteiger partial charge < -0.3 is 14.7 Å². The summed E-state index contributed by atoms with van der Waals surface area (Å²) >= 11 is 0. The van der Waals surface area contributed by atoms with Gasteiger partial charge in [-0.2, -0.15) is 0 Å². The summed E-state index contributed by atoms with van der Waals surface area (Å²) < 4.78 is 5.52. The number of carboxylic acids is 1. The molecule has 0 bridgehead atoms. The number of hydrogen-bond acceptors (Lipinski definition) is 5. The summed E-state index contributed by atoms with van der Waals surface area (Å²) in [6.07, 6.45) is 1.82. The lowest BCUT2D eigenvalue weighted by Gasteiger charge is -2.20. The van der Waals surface area contributed by atoms with Crippen LogP contribution in [0.3, 0.4) is 0 Å². The van der Waals surface area contributed by atoms with E-state index in [2.05, 4.69) is 34.6 Å². The third-order valence-electron chi connectivity index (χ3n) is 6.37. The van der Waals surface area contributed by atoms with Gasteiger partial charge in [0.25, 0.3) is 5.91 Å². The van der Waals surface area contributed by atoms with Gasteiger partial charge in [-0.15, -0.1) is 0 Å². The molecule has 172 valence electrons. The minimum atomic E-state index is -1.01. The third kappa shape index (κ3) is 3.98. The average Bonchev–Trinajstić information content (AvgIpc) is 3.46. The number of nitrogens with one attached hydrogen (secondary N) is 1. The molecule has 1 fully saturated rings. The first kappa shape index (κ1) is 21.6. The largest absolute Gasteiger partial charge is 0.480 e. The molecule has 1 aliphatic carbocycles. The third-order valence-corrected chi connectivity index (χ3v) is 6.37. The van der Waals surface area contributed by atoms with Crippen molar-refractivity contribution in [2.75, 3.05) is 18.5 Å². The molecule has 1 aliphatic heterocycles. The minimum absolute atomic E-state index is 0.0427. The summed E-state index contributed by atoms with van der Waals surface area (Å²) in [5.74, 6) is -1.49. The van der Waals surface area contributed by atoms with E-state index in [1.165, 1.54) is 17.2 Å². The average molecular weight is 457 g/mol. The fourth-order valence-corrected chi connectivity index (χ4v) is 4.76. The molecule has 2 aromatic carbocycles. The molecule has 0 unspecified atom stereocenters. The molecule has 2 amide bonds. The summed E-state index contributed by atoms with van der Waals surface area (Å²) in [7, 11) is 0. The van der Waals surface area contributed by atoms with Crippen LogP contribution in [0.5, 0.6) is 0 Å². The second-order valence-electron chi connectivity index (χ2n) is 8.38. The Balaban J connectivity index is 1.21. The fraction of sp³-hybridized carbons (Fsp3) is 0.231. The van der Waals surface area contributed by atoms with E-state index in [9.17, 15) is 19.5 Å². The molecule has 2 heterocycles. The van der Waals surface area contributed by atoms with Gasteiger partial charge in [0.05, 0.1) is 11.9 Å². The Kier molecular flexibility index (Phi) is 5.71. The summed E-state index contributed by atoms with van der Waals surface area (Å²) in [6, 6.07) is 18.4. The Labute approximate surface area is 196 Å². The van der Waals surface area contributed by atoms with Crippen LogP contribution in [-0.4, -0.2) is 52.2 Å². The number of hydrogen-bond donors (Lipinski definition) is 2. The molecule has 0 saturated carbocycles. The van der Waals surface area contributed by atoms with Gasteiger partial charge >= 0.3 is 12.1 Å². The Morgan fingerprint density at radius 3 is 2.29 bits per heavy atom. The van der Waals surface area contributed by atoms with Gasteiger partial charge in [0.1, 0.15) is 18.3 Å². The molecule has 2 aliphatic rings. The van der Waals surface area contributed by atoms with Crippen LogP contribution in [-0.2, 0) is 9.53 Å². The zero-order chi connectivity index (χ0) is 23.7. The highest BCUT2D eigenvalue weighted by atomic mass is 16.5. The molecular weight excluding hydrogens is 434 g/mol. The van der Waals surface area contributed by atoms with Crippen molar-refractivity contribution in [3.63, 3.8) is 0 Å². The van der Waals surface area contributed by atoms with Crippen LogP contribution in [0.2, 0.25) is 0 Å². The van der Waals surface area contributed by atoms with E-state index in [1.807, 2.05) is 24.3 Å². The van der Waals surface area contributed by atoms with Crippen LogP contribution < -0.4 is 5.32 Å². The quantitative estimate of drug-likeness (QED) is 0.596. The minimum Gasteiger partial charge on any atom is -0.480 e. The monoisotopic (exact) mass is 457 g/mol. The van der Waals surface area contributed by atoms with Crippen molar-refractivity contribution in [3.05, 3.63) is 83.7 Å². The maximum absolute atomic E-state index is 12.6. The van der Waals surface area contributed by atoms with Crippen LogP contribution >= 0.6 is 0 Å². The van der Waals surface area contributed by atoms with Crippen molar-refractivity contribution < 1.29 is 24.2 Å². The van der Waals surface area contributed by atoms with Gasteiger partial charge in [0.2, 0.25) is 0 Å². The standard InChI is InChI=1S/C26H23N3O5/c30-24(29-13-5-10-23(29)25(31)32)22-12-11-16(14-27-22)28-26(33)34-15-21-19-8-3-1-6-17(19)18-7-2-4-9-20(18)21/h1-4,6-9,11-12,14,21,23H,5,10,13,15H2,(H,28,33)(H,31,32)/t23-/m1/s1. The Morgan fingerprint density at radius 1 is 1.00 bits per heavy atom. The second-order valence-corrected chi connectivity index (χ2v) is 8.38. The number of carbonyl (C=O) groups excluding carboxylic acids is 2. The summed E-state index contributed by atoms with van der Waals surface area (Å²) in [5.41, 5.74) is 5.07. The number of likely N-dealkylation sites (tertiary alicyclic amines) is 1. The van der Waals surface area contributed by atoms with Gasteiger partial charge in [0, 0.05) is 12.5 Å². The molecular formula is C26H23N3O5. The predicted octanol–water partition coefficient (Wildman–Crippen LogP) is 4.13. The van der Waals surface area contributed by atoms with Gasteiger partial charge in [-0.25, -0.2) is 14.6 Å². The van der Waals surface area contributed by atoms with Crippen molar-refractivity contribution in [1.82, 2.24) is 9.88 Å². The van der Waals surface area contributed by atoms with E-state index < -0.39 is 24.0 Å². The number of carboxylic acid groups (broad SMARTS) is 1. The molecule has 8 heteroatoms. The predicted molar refractivity (Wildman–Crippen MR) is 125 cm³/mol. The molecule has 0 radical (unpaired) electrons. The Hall–Kier alpha value is -4.20. The zero-order valence-corrected chi connectivity index (χ0v) is 18.3. The highest BCUT2D eigenvalue weighted by Crippen LogP contribution is 2.44. The SMILES string of the molecule is O=C(Nc1ccc(C(=O)N2CCC[C@@H]2C(=O)O)nc1)OCC1c2ccccc2-c2ccccc21.